The molecule has 0 radical (unpaired) electrons. The summed E-state index contributed by atoms with van der Waals surface area (Å²) in [6.45, 7) is 2.25. The zero-order valence-corrected chi connectivity index (χ0v) is 11.9. The van der Waals surface area contributed by atoms with E-state index in [1.165, 1.54) is 0 Å². The van der Waals surface area contributed by atoms with Crippen LogP contribution in [0.15, 0.2) is 29.1 Å². The number of aromatic hydroxyl groups is 1. The molecule has 0 fully saturated rings. The van der Waals surface area contributed by atoms with E-state index in [2.05, 4.69) is 9.97 Å². The van der Waals surface area contributed by atoms with E-state index < -0.39 is 5.56 Å². The first-order valence-corrected chi connectivity index (χ1v) is 6.48. The molecule has 5 nitrogen and oxygen atoms in total. The normalized spacial score (nSPS) is 12.3. The minimum atomic E-state index is -0.405. The maximum Gasteiger partial charge on any atom is 0.262 e. The van der Waals surface area contributed by atoms with Crippen LogP contribution in [0.5, 0.6) is 5.88 Å². The second-order valence-corrected chi connectivity index (χ2v) is 4.95. The molecule has 2 aromatic rings. The average molecular weight is 295 g/mol. The quantitative estimate of drug-likeness (QED) is 0.908. The van der Waals surface area contributed by atoms with Crippen molar-refractivity contribution >= 4 is 11.6 Å². The standard InChI is InChI=1S/C14H15ClN2O3/c1-8(7-20-2)12-16-13(18)11(14(19)17-12)9-4-3-5-10(15)6-9/h3-6,8H,7H2,1-2H3,(H2,16,17,18,19). The molecule has 6 heteroatoms. The van der Waals surface area contributed by atoms with Crippen LogP contribution in [0, 0.1) is 0 Å². The number of halogens is 1. The van der Waals surface area contributed by atoms with E-state index in [0.29, 0.717) is 23.0 Å². The van der Waals surface area contributed by atoms with E-state index in [0.717, 1.165) is 0 Å². The van der Waals surface area contributed by atoms with Crippen molar-refractivity contribution in [3.05, 3.63) is 45.5 Å². The lowest BCUT2D eigenvalue weighted by molar-refractivity contribution is 0.181. The fourth-order valence-corrected chi connectivity index (χ4v) is 2.14. The first-order valence-electron chi connectivity index (χ1n) is 6.11. The molecule has 1 aromatic carbocycles. The van der Waals surface area contributed by atoms with Crippen LogP contribution in [-0.2, 0) is 4.74 Å². The number of aromatic nitrogens is 2. The Labute approximate surface area is 121 Å². The number of aromatic amines is 1. The molecule has 0 amide bonds. The molecule has 1 heterocycles. The van der Waals surface area contributed by atoms with Gasteiger partial charge in [-0.1, -0.05) is 30.7 Å². The number of benzene rings is 1. The van der Waals surface area contributed by atoms with Gasteiger partial charge in [0.05, 0.1) is 6.61 Å². The Balaban J connectivity index is 2.49. The summed E-state index contributed by atoms with van der Waals surface area (Å²) in [5.41, 5.74) is 0.230. The van der Waals surface area contributed by atoms with Gasteiger partial charge in [0.15, 0.2) is 0 Å². The summed E-state index contributed by atoms with van der Waals surface area (Å²) in [6.07, 6.45) is 0. The van der Waals surface area contributed by atoms with Crippen LogP contribution in [0.4, 0.5) is 0 Å². The molecular weight excluding hydrogens is 280 g/mol. The van der Waals surface area contributed by atoms with Crippen LogP contribution in [0.1, 0.15) is 18.7 Å². The maximum absolute atomic E-state index is 12.1. The third-order valence-electron chi connectivity index (χ3n) is 2.92. The summed E-state index contributed by atoms with van der Waals surface area (Å²) in [5.74, 6) is -0.0406. The smallest absolute Gasteiger partial charge is 0.262 e. The highest BCUT2D eigenvalue weighted by Crippen LogP contribution is 2.26. The van der Waals surface area contributed by atoms with Gasteiger partial charge in [-0.25, -0.2) is 0 Å². The van der Waals surface area contributed by atoms with Crippen LogP contribution in [-0.4, -0.2) is 28.8 Å². The van der Waals surface area contributed by atoms with Crippen molar-refractivity contribution in [3.63, 3.8) is 0 Å². The third-order valence-corrected chi connectivity index (χ3v) is 3.15. The van der Waals surface area contributed by atoms with Crippen LogP contribution in [0.3, 0.4) is 0 Å². The highest BCUT2D eigenvalue weighted by Gasteiger charge is 2.16. The molecule has 0 saturated heterocycles. The van der Waals surface area contributed by atoms with Crippen LogP contribution >= 0.6 is 11.6 Å². The van der Waals surface area contributed by atoms with Gasteiger partial charge in [0.2, 0.25) is 5.88 Å². The molecule has 106 valence electrons. The number of rotatable bonds is 4. The minimum absolute atomic E-state index is 0.112. The highest BCUT2D eigenvalue weighted by atomic mass is 35.5. The summed E-state index contributed by atoms with van der Waals surface area (Å²) >= 11 is 5.89. The Hall–Kier alpha value is -1.85. The number of H-pyrrole nitrogens is 1. The van der Waals surface area contributed by atoms with Gasteiger partial charge in [-0.15, -0.1) is 0 Å². The number of nitrogens with zero attached hydrogens (tertiary/aromatic N) is 1. The fraction of sp³-hybridized carbons (Fsp3) is 0.286. The molecule has 20 heavy (non-hydrogen) atoms. The topological polar surface area (TPSA) is 75.2 Å². The van der Waals surface area contributed by atoms with Gasteiger partial charge in [-0.2, -0.15) is 4.98 Å². The first-order chi connectivity index (χ1) is 9.52. The molecule has 1 atom stereocenters. The van der Waals surface area contributed by atoms with Gasteiger partial charge in [0.25, 0.3) is 5.56 Å². The molecule has 0 bridgehead atoms. The lowest BCUT2D eigenvalue weighted by atomic mass is 10.1. The second-order valence-electron chi connectivity index (χ2n) is 4.52. The summed E-state index contributed by atoms with van der Waals surface area (Å²) in [5, 5.41) is 10.5. The molecule has 0 aliphatic heterocycles. The Morgan fingerprint density at radius 1 is 1.50 bits per heavy atom. The lowest BCUT2D eigenvalue weighted by Crippen LogP contribution is -2.17. The average Bonchev–Trinajstić information content (AvgIpc) is 2.38. The molecule has 1 unspecified atom stereocenters. The van der Waals surface area contributed by atoms with Gasteiger partial charge < -0.3 is 14.8 Å². The summed E-state index contributed by atoms with van der Waals surface area (Å²) in [7, 11) is 1.56. The Morgan fingerprint density at radius 2 is 2.25 bits per heavy atom. The predicted octanol–water partition coefficient (Wildman–Crippen LogP) is 2.55. The Kier molecular flexibility index (Phi) is 4.42. The lowest BCUT2D eigenvalue weighted by Gasteiger charge is -2.11. The largest absolute Gasteiger partial charge is 0.493 e. The molecule has 0 aliphatic carbocycles. The van der Waals surface area contributed by atoms with Crippen molar-refractivity contribution in [2.24, 2.45) is 0 Å². The van der Waals surface area contributed by atoms with Crippen LogP contribution in [0.2, 0.25) is 5.02 Å². The van der Waals surface area contributed by atoms with Crippen molar-refractivity contribution < 1.29 is 9.84 Å². The van der Waals surface area contributed by atoms with Crippen molar-refractivity contribution in [2.75, 3.05) is 13.7 Å². The van der Waals surface area contributed by atoms with E-state index in [1.54, 1.807) is 31.4 Å². The van der Waals surface area contributed by atoms with Crippen LogP contribution < -0.4 is 5.56 Å². The fourth-order valence-electron chi connectivity index (χ4n) is 1.94. The molecular formula is C14H15ClN2O3. The summed E-state index contributed by atoms with van der Waals surface area (Å²) in [4.78, 5) is 18.8. The number of ether oxygens (including phenoxy) is 1. The van der Waals surface area contributed by atoms with Gasteiger partial charge in [-0.05, 0) is 17.7 Å². The zero-order valence-electron chi connectivity index (χ0n) is 11.2. The molecule has 0 spiro atoms. The Morgan fingerprint density at radius 3 is 2.85 bits per heavy atom. The van der Waals surface area contributed by atoms with Gasteiger partial charge >= 0.3 is 0 Å². The molecule has 2 rings (SSSR count). The Bertz CT molecular complexity index is 670. The van der Waals surface area contributed by atoms with E-state index in [4.69, 9.17) is 16.3 Å². The number of nitrogens with one attached hydrogen (secondary N) is 1. The summed E-state index contributed by atoms with van der Waals surface area (Å²) in [6, 6.07) is 6.69. The molecule has 2 N–H and O–H groups in total. The monoisotopic (exact) mass is 294 g/mol. The van der Waals surface area contributed by atoms with E-state index in [9.17, 15) is 9.90 Å². The maximum atomic E-state index is 12.1. The number of hydrogen-bond acceptors (Lipinski definition) is 4. The third kappa shape index (κ3) is 3.00. The molecule has 0 saturated carbocycles. The minimum Gasteiger partial charge on any atom is -0.493 e. The van der Waals surface area contributed by atoms with Gasteiger partial charge in [0.1, 0.15) is 11.4 Å². The van der Waals surface area contributed by atoms with Crippen molar-refractivity contribution in [1.82, 2.24) is 9.97 Å². The molecule has 1 aromatic heterocycles. The van der Waals surface area contributed by atoms with Crippen molar-refractivity contribution in [2.45, 2.75) is 12.8 Å². The predicted molar refractivity (Wildman–Crippen MR) is 77.3 cm³/mol. The zero-order chi connectivity index (χ0) is 14.7. The van der Waals surface area contributed by atoms with E-state index in [1.807, 2.05) is 6.92 Å². The van der Waals surface area contributed by atoms with Crippen molar-refractivity contribution in [1.29, 1.82) is 0 Å². The van der Waals surface area contributed by atoms with E-state index >= 15 is 0 Å². The number of methoxy groups -OCH3 is 1. The highest BCUT2D eigenvalue weighted by molar-refractivity contribution is 6.30. The number of hydrogen-bond donors (Lipinski definition) is 2. The van der Waals surface area contributed by atoms with Gasteiger partial charge in [-0.3, -0.25) is 4.79 Å². The molecule has 0 aliphatic rings. The first kappa shape index (κ1) is 14.6. The van der Waals surface area contributed by atoms with E-state index in [-0.39, 0.29) is 17.4 Å². The van der Waals surface area contributed by atoms with Gasteiger partial charge in [0, 0.05) is 18.1 Å². The van der Waals surface area contributed by atoms with Crippen molar-refractivity contribution in [3.8, 4) is 17.0 Å². The summed E-state index contributed by atoms with van der Waals surface area (Å²) < 4.78 is 5.01. The van der Waals surface area contributed by atoms with Crippen LogP contribution in [0.25, 0.3) is 11.1 Å². The second kappa shape index (κ2) is 6.07. The SMILES string of the molecule is COCC(C)c1nc(O)c(-c2cccc(Cl)c2)c(=O)[nH]1.